The van der Waals surface area contributed by atoms with E-state index in [1.807, 2.05) is 30.3 Å². The Hall–Kier alpha value is -1.40. The van der Waals surface area contributed by atoms with Crippen molar-refractivity contribution in [2.24, 2.45) is 0 Å². The van der Waals surface area contributed by atoms with E-state index in [1.54, 1.807) is 6.07 Å². The zero-order valence-electron chi connectivity index (χ0n) is 10.5. The Morgan fingerprint density at radius 3 is 2.70 bits per heavy atom. The van der Waals surface area contributed by atoms with E-state index in [1.165, 1.54) is 17.8 Å². The van der Waals surface area contributed by atoms with Gasteiger partial charge in [0.25, 0.3) is 0 Å². The summed E-state index contributed by atoms with van der Waals surface area (Å²) in [6.45, 7) is 0.321. The molecule has 2 aromatic rings. The first-order chi connectivity index (χ1) is 9.65. The minimum Gasteiger partial charge on any atom is -0.351 e. The molecule has 0 bridgehead atoms. The van der Waals surface area contributed by atoms with E-state index in [9.17, 15) is 9.18 Å². The number of pyridine rings is 1. The molecule has 0 unspecified atom stereocenters. The van der Waals surface area contributed by atoms with Gasteiger partial charge in [-0.15, -0.1) is 11.8 Å². The van der Waals surface area contributed by atoms with Crippen molar-refractivity contribution in [1.29, 1.82) is 0 Å². The maximum Gasteiger partial charge on any atom is 0.230 e. The number of rotatable bonds is 5. The number of halogens is 2. The number of nitrogens with zero attached hydrogens (tertiary/aromatic N) is 1. The number of carbonyl (C=O) groups excluding carboxylic acids is 1. The average Bonchev–Trinajstić information content (AvgIpc) is 2.45. The van der Waals surface area contributed by atoms with Gasteiger partial charge in [0.2, 0.25) is 11.9 Å². The predicted octanol–water partition coefficient (Wildman–Crippen LogP) is 3.39. The van der Waals surface area contributed by atoms with Gasteiger partial charge in [0.15, 0.2) is 0 Å². The molecule has 20 heavy (non-hydrogen) atoms. The summed E-state index contributed by atoms with van der Waals surface area (Å²) in [5.74, 6) is -0.280. The monoisotopic (exact) mass is 354 g/mol. The van der Waals surface area contributed by atoms with Crippen LogP contribution >= 0.6 is 27.7 Å². The van der Waals surface area contributed by atoms with Crippen molar-refractivity contribution in [1.82, 2.24) is 10.3 Å². The molecule has 0 aliphatic heterocycles. The summed E-state index contributed by atoms with van der Waals surface area (Å²) in [6.07, 6.45) is 0. The van der Waals surface area contributed by atoms with Crippen molar-refractivity contribution in [3.05, 3.63) is 58.6 Å². The molecule has 1 heterocycles. The van der Waals surface area contributed by atoms with E-state index < -0.39 is 5.95 Å². The number of hydrogen-bond acceptors (Lipinski definition) is 3. The maximum absolute atomic E-state index is 12.8. The lowest BCUT2D eigenvalue weighted by Crippen LogP contribution is -2.24. The van der Waals surface area contributed by atoms with E-state index in [0.29, 0.717) is 16.9 Å². The lowest BCUT2D eigenvalue weighted by molar-refractivity contribution is -0.118. The van der Waals surface area contributed by atoms with Crippen LogP contribution in [0.3, 0.4) is 0 Å². The second-order valence-electron chi connectivity index (χ2n) is 3.96. The molecule has 0 saturated heterocycles. The lowest BCUT2D eigenvalue weighted by Gasteiger charge is -2.06. The highest BCUT2D eigenvalue weighted by Crippen LogP contribution is 2.17. The van der Waals surface area contributed by atoms with Gasteiger partial charge in [-0.25, -0.2) is 4.98 Å². The first kappa shape index (κ1) is 15.0. The van der Waals surface area contributed by atoms with Crippen LogP contribution in [-0.2, 0) is 11.3 Å². The lowest BCUT2D eigenvalue weighted by atomic mass is 10.3. The maximum atomic E-state index is 12.8. The molecule has 0 fully saturated rings. The Labute approximate surface area is 129 Å². The highest BCUT2D eigenvalue weighted by atomic mass is 79.9. The molecule has 0 spiro atoms. The molecule has 1 N–H and O–H groups in total. The molecule has 0 saturated carbocycles. The van der Waals surface area contributed by atoms with E-state index in [2.05, 4.69) is 26.2 Å². The zero-order valence-corrected chi connectivity index (χ0v) is 12.9. The third-order valence-electron chi connectivity index (χ3n) is 2.48. The first-order valence-corrected chi connectivity index (χ1v) is 7.68. The smallest absolute Gasteiger partial charge is 0.230 e. The Morgan fingerprint density at radius 1 is 1.25 bits per heavy atom. The molecule has 3 nitrogen and oxygen atoms in total. The molecule has 6 heteroatoms. The van der Waals surface area contributed by atoms with Gasteiger partial charge in [-0.1, -0.05) is 24.3 Å². The van der Waals surface area contributed by atoms with Crippen molar-refractivity contribution in [3.8, 4) is 0 Å². The number of amides is 1. The highest BCUT2D eigenvalue weighted by Gasteiger charge is 2.06. The van der Waals surface area contributed by atoms with Crippen LogP contribution in [0.15, 0.2) is 52.0 Å². The Bertz CT molecular complexity index is 595. The van der Waals surface area contributed by atoms with Gasteiger partial charge in [0, 0.05) is 17.0 Å². The summed E-state index contributed by atoms with van der Waals surface area (Å²) in [5.41, 5.74) is 0.740. The Balaban J connectivity index is 1.80. The third-order valence-corrected chi connectivity index (χ3v) is 4.18. The normalized spacial score (nSPS) is 10.3. The summed E-state index contributed by atoms with van der Waals surface area (Å²) < 4.78 is 13.2. The molecule has 104 valence electrons. The van der Waals surface area contributed by atoms with Gasteiger partial charge in [-0.05, 0) is 34.1 Å². The first-order valence-electron chi connectivity index (χ1n) is 5.90. The summed E-state index contributed by atoms with van der Waals surface area (Å²) in [7, 11) is 0. The molecule has 0 aliphatic carbocycles. The van der Waals surface area contributed by atoms with Crippen molar-refractivity contribution in [3.63, 3.8) is 0 Å². The molecule has 1 aromatic carbocycles. The molecule has 1 aromatic heterocycles. The molecular weight excluding hydrogens is 343 g/mol. The van der Waals surface area contributed by atoms with Crippen LogP contribution < -0.4 is 5.32 Å². The second-order valence-corrected chi connectivity index (χ2v) is 5.76. The van der Waals surface area contributed by atoms with Gasteiger partial charge in [0.05, 0.1) is 5.75 Å². The average molecular weight is 355 g/mol. The molecule has 0 aliphatic rings. The fourth-order valence-electron chi connectivity index (χ4n) is 1.48. The van der Waals surface area contributed by atoms with Crippen LogP contribution in [0.2, 0.25) is 0 Å². The van der Waals surface area contributed by atoms with Crippen LogP contribution in [0.1, 0.15) is 5.56 Å². The van der Waals surface area contributed by atoms with Crippen LogP contribution in [-0.4, -0.2) is 16.6 Å². The van der Waals surface area contributed by atoms with Crippen molar-refractivity contribution >= 4 is 33.6 Å². The molecule has 0 radical (unpaired) electrons. The SMILES string of the molecule is O=C(CSc1ccccc1)NCc1ccc(F)nc1Br. The Morgan fingerprint density at radius 2 is 2.00 bits per heavy atom. The zero-order chi connectivity index (χ0) is 14.4. The molecule has 1 amide bonds. The number of benzene rings is 1. The Kier molecular flexibility index (Phi) is 5.55. The minimum atomic E-state index is -0.549. The van der Waals surface area contributed by atoms with Crippen LogP contribution in [0, 0.1) is 5.95 Å². The molecular formula is C14H12BrFN2OS. The van der Waals surface area contributed by atoms with Crippen molar-refractivity contribution in [2.45, 2.75) is 11.4 Å². The predicted molar refractivity (Wildman–Crippen MR) is 80.9 cm³/mol. The molecule has 0 atom stereocenters. The van der Waals surface area contributed by atoms with Crippen LogP contribution in [0.5, 0.6) is 0 Å². The molecule has 2 rings (SSSR count). The third kappa shape index (κ3) is 4.61. The second kappa shape index (κ2) is 7.40. The number of hydrogen-bond donors (Lipinski definition) is 1. The van der Waals surface area contributed by atoms with Crippen molar-refractivity contribution in [2.75, 3.05) is 5.75 Å². The summed E-state index contributed by atoms with van der Waals surface area (Å²) in [4.78, 5) is 16.4. The van der Waals surface area contributed by atoms with Gasteiger partial charge in [-0.3, -0.25) is 4.79 Å². The van der Waals surface area contributed by atoms with Gasteiger partial charge in [-0.2, -0.15) is 4.39 Å². The van der Waals surface area contributed by atoms with E-state index in [4.69, 9.17) is 0 Å². The van der Waals surface area contributed by atoms with Crippen LogP contribution in [0.25, 0.3) is 0 Å². The number of carbonyl (C=O) groups is 1. The summed E-state index contributed by atoms with van der Waals surface area (Å²) in [5, 5.41) is 2.78. The standard InChI is InChI=1S/C14H12BrFN2OS/c15-14-10(6-7-12(16)18-14)8-17-13(19)9-20-11-4-2-1-3-5-11/h1-7H,8-9H2,(H,17,19). The number of aromatic nitrogens is 1. The van der Waals surface area contributed by atoms with Gasteiger partial charge in [0.1, 0.15) is 4.60 Å². The van der Waals surface area contributed by atoms with Gasteiger partial charge < -0.3 is 5.32 Å². The number of thioether (sulfide) groups is 1. The van der Waals surface area contributed by atoms with Gasteiger partial charge >= 0.3 is 0 Å². The quantitative estimate of drug-likeness (QED) is 0.660. The highest BCUT2D eigenvalue weighted by molar-refractivity contribution is 9.10. The van der Waals surface area contributed by atoms with E-state index in [-0.39, 0.29) is 5.91 Å². The fraction of sp³-hybridized carbons (Fsp3) is 0.143. The van der Waals surface area contributed by atoms with Crippen LogP contribution in [0.4, 0.5) is 4.39 Å². The summed E-state index contributed by atoms with van der Waals surface area (Å²) in [6, 6.07) is 12.6. The van der Waals surface area contributed by atoms with E-state index in [0.717, 1.165) is 10.5 Å². The van der Waals surface area contributed by atoms with Crippen molar-refractivity contribution < 1.29 is 9.18 Å². The van der Waals surface area contributed by atoms with E-state index >= 15 is 0 Å². The fourth-order valence-corrected chi connectivity index (χ4v) is 2.67. The minimum absolute atomic E-state index is 0.0740. The largest absolute Gasteiger partial charge is 0.351 e. The summed E-state index contributed by atoms with van der Waals surface area (Å²) >= 11 is 4.64. The topological polar surface area (TPSA) is 42.0 Å². The number of nitrogens with one attached hydrogen (secondary N) is 1.